The van der Waals surface area contributed by atoms with Gasteiger partial charge < -0.3 is 19.3 Å². The van der Waals surface area contributed by atoms with Crippen molar-refractivity contribution in [2.45, 2.75) is 26.4 Å². The Balaban J connectivity index is 2.89. The van der Waals surface area contributed by atoms with E-state index in [-0.39, 0.29) is 23.4 Å². The predicted molar refractivity (Wildman–Crippen MR) is 76.1 cm³/mol. The van der Waals surface area contributed by atoms with E-state index in [4.69, 9.17) is 14.2 Å². The maximum atomic E-state index is 11.5. The van der Waals surface area contributed by atoms with E-state index in [0.29, 0.717) is 5.56 Å². The van der Waals surface area contributed by atoms with Crippen LogP contribution < -0.4 is 9.47 Å². The van der Waals surface area contributed by atoms with Gasteiger partial charge in [0.05, 0.1) is 20.3 Å². The van der Waals surface area contributed by atoms with Gasteiger partial charge in [-0.3, -0.25) is 0 Å². The SMILES string of the molecule is CCC(C)OC(=O)C=Cc1cc(OC)c(O)c(OC)c1. The number of carbonyl (C=O) groups excluding carboxylic acids is 1. The van der Waals surface area contributed by atoms with E-state index in [2.05, 4.69) is 0 Å². The molecule has 0 heterocycles. The summed E-state index contributed by atoms with van der Waals surface area (Å²) in [6.07, 6.45) is 3.56. The standard InChI is InChI=1S/C15H20O5/c1-5-10(2)20-14(16)7-6-11-8-12(18-3)15(17)13(9-11)19-4/h6-10,17H,5H2,1-4H3. The highest BCUT2D eigenvalue weighted by Crippen LogP contribution is 2.37. The van der Waals surface area contributed by atoms with Crippen molar-refractivity contribution in [1.29, 1.82) is 0 Å². The van der Waals surface area contributed by atoms with Crippen molar-refractivity contribution in [2.75, 3.05) is 14.2 Å². The average molecular weight is 280 g/mol. The normalized spacial score (nSPS) is 12.2. The summed E-state index contributed by atoms with van der Waals surface area (Å²) in [5.74, 6) is 0.0678. The van der Waals surface area contributed by atoms with Crippen LogP contribution in [0.15, 0.2) is 18.2 Å². The third-order valence-electron chi connectivity index (χ3n) is 2.81. The lowest BCUT2D eigenvalue weighted by atomic mass is 10.1. The molecular formula is C15H20O5. The molecule has 1 unspecified atom stereocenters. The molecule has 0 radical (unpaired) electrons. The number of benzene rings is 1. The van der Waals surface area contributed by atoms with Gasteiger partial charge in [-0.1, -0.05) is 6.92 Å². The van der Waals surface area contributed by atoms with Gasteiger partial charge in [-0.15, -0.1) is 0 Å². The van der Waals surface area contributed by atoms with Gasteiger partial charge in [-0.25, -0.2) is 4.79 Å². The Labute approximate surface area is 118 Å². The number of hydrogen-bond donors (Lipinski definition) is 1. The number of phenolic OH excluding ortho intramolecular Hbond substituents is 1. The summed E-state index contributed by atoms with van der Waals surface area (Å²) in [6.45, 7) is 3.77. The summed E-state index contributed by atoms with van der Waals surface area (Å²) >= 11 is 0. The van der Waals surface area contributed by atoms with Crippen LogP contribution >= 0.6 is 0 Å². The zero-order valence-corrected chi connectivity index (χ0v) is 12.2. The summed E-state index contributed by atoms with van der Waals surface area (Å²) in [7, 11) is 2.89. The minimum atomic E-state index is -0.412. The zero-order chi connectivity index (χ0) is 15.1. The number of aromatic hydroxyl groups is 1. The first-order valence-corrected chi connectivity index (χ1v) is 6.35. The number of carbonyl (C=O) groups is 1. The largest absolute Gasteiger partial charge is 0.502 e. The Kier molecular flexibility index (Phi) is 5.90. The number of methoxy groups -OCH3 is 2. The summed E-state index contributed by atoms with van der Waals surface area (Å²) < 4.78 is 15.2. The van der Waals surface area contributed by atoms with Gasteiger partial charge in [0.15, 0.2) is 11.5 Å². The van der Waals surface area contributed by atoms with Crippen molar-refractivity contribution in [2.24, 2.45) is 0 Å². The third-order valence-corrected chi connectivity index (χ3v) is 2.81. The molecule has 0 amide bonds. The maximum absolute atomic E-state index is 11.5. The molecule has 0 saturated heterocycles. The molecule has 0 saturated carbocycles. The van der Waals surface area contributed by atoms with Crippen LogP contribution in [0.4, 0.5) is 0 Å². The number of rotatable bonds is 6. The van der Waals surface area contributed by atoms with Gasteiger partial charge in [-0.05, 0) is 37.1 Å². The fraction of sp³-hybridized carbons (Fsp3) is 0.400. The fourth-order valence-electron chi connectivity index (χ4n) is 1.50. The molecule has 1 aromatic rings. The Morgan fingerprint density at radius 2 is 1.85 bits per heavy atom. The molecule has 1 aromatic carbocycles. The van der Waals surface area contributed by atoms with E-state index in [9.17, 15) is 9.90 Å². The molecule has 5 nitrogen and oxygen atoms in total. The minimum Gasteiger partial charge on any atom is -0.502 e. The zero-order valence-electron chi connectivity index (χ0n) is 12.2. The van der Waals surface area contributed by atoms with Gasteiger partial charge in [0.25, 0.3) is 0 Å². The average Bonchev–Trinajstić information content (AvgIpc) is 2.45. The van der Waals surface area contributed by atoms with Gasteiger partial charge in [0.2, 0.25) is 5.75 Å². The van der Waals surface area contributed by atoms with Crippen molar-refractivity contribution >= 4 is 12.0 Å². The lowest BCUT2D eigenvalue weighted by Crippen LogP contribution is -2.11. The monoisotopic (exact) mass is 280 g/mol. The van der Waals surface area contributed by atoms with Crippen molar-refractivity contribution in [3.63, 3.8) is 0 Å². The fourth-order valence-corrected chi connectivity index (χ4v) is 1.50. The third kappa shape index (κ3) is 4.19. The molecule has 0 aliphatic rings. The van der Waals surface area contributed by atoms with E-state index < -0.39 is 5.97 Å². The summed E-state index contributed by atoms with van der Waals surface area (Å²) in [5, 5.41) is 9.78. The van der Waals surface area contributed by atoms with Crippen LogP contribution in [0.5, 0.6) is 17.2 Å². The highest BCUT2D eigenvalue weighted by molar-refractivity contribution is 5.87. The minimum absolute atomic E-state index is 0.0747. The van der Waals surface area contributed by atoms with Gasteiger partial charge in [0.1, 0.15) is 0 Å². The Bertz CT molecular complexity index is 468. The Morgan fingerprint density at radius 3 is 2.30 bits per heavy atom. The summed E-state index contributed by atoms with van der Waals surface area (Å²) in [4.78, 5) is 11.5. The lowest BCUT2D eigenvalue weighted by molar-refractivity contribution is -0.142. The molecule has 0 fully saturated rings. The topological polar surface area (TPSA) is 65.0 Å². The van der Waals surface area contributed by atoms with Crippen molar-refractivity contribution in [3.8, 4) is 17.2 Å². The molecule has 1 N–H and O–H groups in total. The number of phenols is 1. The van der Waals surface area contributed by atoms with Crippen LogP contribution in [0, 0.1) is 0 Å². The Morgan fingerprint density at radius 1 is 1.30 bits per heavy atom. The molecule has 0 spiro atoms. The molecule has 0 aliphatic heterocycles. The molecule has 0 aromatic heterocycles. The van der Waals surface area contributed by atoms with E-state index in [0.717, 1.165) is 6.42 Å². The molecule has 110 valence electrons. The van der Waals surface area contributed by atoms with Crippen LogP contribution in [0.3, 0.4) is 0 Å². The Hall–Kier alpha value is -2.17. The second-order valence-corrected chi connectivity index (χ2v) is 4.26. The lowest BCUT2D eigenvalue weighted by Gasteiger charge is -2.10. The van der Waals surface area contributed by atoms with Crippen molar-refractivity contribution in [3.05, 3.63) is 23.8 Å². The molecule has 5 heteroatoms. The van der Waals surface area contributed by atoms with Crippen LogP contribution in [0.1, 0.15) is 25.8 Å². The molecule has 1 rings (SSSR count). The van der Waals surface area contributed by atoms with E-state index in [1.54, 1.807) is 18.2 Å². The van der Waals surface area contributed by atoms with Gasteiger partial charge in [0, 0.05) is 6.08 Å². The highest BCUT2D eigenvalue weighted by atomic mass is 16.5. The number of esters is 1. The molecule has 0 bridgehead atoms. The number of ether oxygens (including phenoxy) is 3. The van der Waals surface area contributed by atoms with Crippen LogP contribution in [0.25, 0.3) is 6.08 Å². The predicted octanol–water partition coefficient (Wildman–Crippen LogP) is 2.76. The smallest absolute Gasteiger partial charge is 0.331 e. The van der Waals surface area contributed by atoms with Crippen LogP contribution in [0.2, 0.25) is 0 Å². The summed E-state index contributed by atoms with van der Waals surface area (Å²) in [5.41, 5.74) is 0.664. The van der Waals surface area contributed by atoms with E-state index in [1.807, 2.05) is 13.8 Å². The van der Waals surface area contributed by atoms with E-state index in [1.165, 1.54) is 20.3 Å². The van der Waals surface area contributed by atoms with Gasteiger partial charge >= 0.3 is 5.97 Å². The van der Waals surface area contributed by atoms with Crippen LogP contribution in [-0.4, -0.2) is 31.4 Å². The number of hydrogen-bond acceptors (Lipinski definition) is 5. The second-order valence-electron chi connectivity index (χ2n) is 4.26. The summed E-state index contributed by atoms with van der Waals surface area (Å²) in [6, 6.07) is 3.20. The first-order chi connectivity index (χ1) is 9.51. The molecule has 20 heavy (non-hydrogen) atoms. The molecule has 1 atom stereocenters. The first-order valence-electron chi connectivity index (χ1n) is 6.35. The quantitative estimate of drug-likeness (QED) is 0.641. The van der Waals surface area contributed by atoms with Crippen LogP contribution in [-0.2, 0) is 9.53 Å². The van der Waals surface area contributed by atoms with E-state index >= 15 is 0 Å². The first kappa shape index (κ1) is 15.9. The maximum Gasteiger partial charge on any atom is 0.331 e. The molecular weight excluding hydrogens is 260 g/mol. The van der Waals surface area contributed by atoms with Crippen molar-refractivity contribution < 1.29 is 24.1 Å². The highest BCUT2D eigenvalue weighted by Gasteiger charge is 2.10. The molecule has 0 aliphatic carbocycles. The van der Waals surface area contributed by atoms with Crippen molar-refractivity contribution in [1.82, 2.24) is 0 Å². The van der Waals surface area contributed by atoms with Gasteiger partial charge in [-0.2, -0.15) is 0 Å². The second kappa shape index (κ2) is 7.43.